The van der Waals surface area contributed by atoms with Crippen LogP contribution < -0.4 is 10.6 Å². The lowest BCUT2D eigenvalue weighted by atomic mass is 10.1. The quantitative estimate of drug-likeness (QED) is 0.716. The molecule has 0 aromatic carbocycles. The van der Waals surface area contributed by atoms with Crippen molar-refractivity contribution in [2.24, 2.45) is 0 Å². The Morgan fingerprint density at radius 2 is 2.28 bits per heavy atom. The van der Waals surface area contributed by atoms with Gasteiger partial charge in [-0.25, -0.2) is 0 Å². The van der Waals surface area contributed by atoms with Crippen LogP contribution in [-0.4, -0.2) is 28.7 Å². The van der Waals surface area contributed by atoms with E-state index in [-0.39, 0.29) is 18.2 Å². The monoisotopic (exact) mass is 247 g/mol. The number of carbonyl (C=O) groups excluding carboxylic acids is 3. The molecular weight excluding hydrogens is 234 g/mol. The summed E-state index contributed by atoms with van der Waals surface area (Å²) in [6, 6.07) is 2.64. The number of hydrogen-bond acceptors (Lipinski definition) is 4. The molecule has 3 amide bonds. The van der Waals surface area contributed by atoms with Gasteiger partial charge >= 0.3 is 0 Å². The van der Waals surface area contributed by atoms with E-state index < -0.39 is 11.9 Å². The molecule has 1 saturated heterocycles. The number of aromatic nitrogens is 1. The number of piperidine rings is 1. The molecule has 1 aliphatic heterocycles. The van der Waals surface area contributed by atoms with Crippen molar-refractivity contribution in [1.29, 1.82) is 0 Å². The maximum atomic E-state index is 11.9. The normalized spacial score (nSPS) is 19.3. The summed E-state index contributed by atoms with van der Waals surface area (Å²) in [4.78, 5) is 38.4. The first-order chi connectivity index (χ1) is 8.58. The van der Waals surface area contributed by atoms with Crippen molar-refractivity contribution in [2.45, 2.75) is 25.8 Å². The van der Waals surface area contributed by atoms with Crippen LogP contribution in [0.4, 0.5) is 0 Å². The highest BCUT2D eigenvalue weighted by Gasteiger charge is 2.28. The summed E-state index contributed by atoms with van der Waals surface area (Å²) in [5.41, 5.74) is 1.03. The van der Waals surface area contributed by atoms with Crippen molar-refractivity contribution in [3.63, 3.8) is 0 Å². The lowest BCUT2D eigenvalue weighted by Gasteiger charge is -2.21. The average Bonchev–Trinajstić information content (AvgIpc) is 2.33. The van der Waals surface area contributed by atoms with E-state index in [0.29, 0.717) is 17.7 Å². The van der Waals surface area contributed by atoms with Gasteiger partial charge in [0.2, 0.25) is 11.8 Å². The lowest BCUT2D eigenvalue weighted by molar-refractivity contribution is -0.134. The molecule has 1 aliphatic rings. The number of carbonyl (C=O) groups is 3. The number of hydrogen-bond donors (Lipinski definition) is 2. The summed E-state index contributed by atoms with van der Waals surface area (Å²) in [5, 5.41) is 4.80. The van der Waals surface area contributed by atoms with Gasteiger partial charge in [0.15, 0.2) is 0 Å². The molecule has 2 N–H and O–H groups in total. The minimum Gasteiger partial charge on any atom is -0.340 e. The highest BCUT2D eigenvalue weighted by molar-refractivity contribution is 6.03. The van der Waals surface area contributed by atoms with Gasteiger partial charge in [-0.05, 0) is 25.5 Å². The lowest BCUT2D eigenvalue weighted by Crippen LogP contribution is -2.52. The van der Waals surface area contributed by atoms with E-state index in [4.69, 9.17) is 0 Å². The third-order valence-corrected chi connectivity index (χ3v) is 2.80. The summed E-state index contributed by atoms with van der Waals surface area (Å²) in [7, 11) is 0. The van der Waals surface area contributed by atoms with Crippen LogP contribution in [0.15, 0.2) is 18.3 Å². The molecule has 6 nitrogen and oxygen atoms in total. The zero-order valence-electron chi connectivity index (χ0n) is 9.90. The van der Waals surface area contributed by atoms with Gasteiger partial charge in [-0.2, -0.15) is 0 Å². The molecule has 0 radical (unpaired) electrons. The highest BCUT2D eigenvalue weighted by Crippen LogP contribution is 2.08. The van der Waals surface area contributed by atoms with Crippen molar-refractivity contribution < 1.29 is 14.4 Å². The van der Waals surface area contributed by atoms with Gasteiger partial charge in [-0.15, -0.1) is 0 Å². The fourth-order valence-electron chi connectivity index (χ4n) is 1.79. The van der Waals surface area contributed by atoms with Crippen LogP contribution in [0, 0.1) is 6.92 Å². The number of imide groups is 1. The first-order valence-electron chi connectivity index (χ1n) is 5.64. The number of amides is 3. The van der Waals surface area contributed by atoms with Crippen LogP contribution in [0.3, 0.4) is 0 Å². The largest absolute Gasteiger partial charge is 0.340 e. The molecule has 6 heteroatoms. The topological polar surface area (TPSA) is 88.2 Å². The number of nitrogens with one attached hydrogen (secondary N) is 2. The summed E-state index contributed by atoms with van der Waals surface area (Å²) >= 11 is 0. The van der Waals surface area contributed by atoms with E-state index in [2.05, 4.69) is 15.6 Å². The molecule has 0 aliphatic carbocycles. The molecule has 0 saturated carbocycles. The minimum atomic E-state index is -0.658. The van der Waals surface area contributed by atoms with E-state index in [1.54, 1.807) is 25.3 Å². The van der Waals surface area contributed by atoms with Gasteiger partial charge in [0, 0.05) is 18.3 Å². The summed E-state index contributed by atoms with van der Waals surface area (Å²) < 4.78 is 0. The van der Waals surface area contributed by atoms with E-state index >= 15 is 0 Å². The predicted molar refractivity (Wildman–Crippen MR) is 62.6 cm³/mol. The van der Waals surface area contributed by atoms with Crippen molar-refractivity contribution in [1.82, 2.24) is 15.6 Å². The Balaban J connectivity index is 2.06. The maximum absolute atomic E-state index is 11.9. The molecule has 2 rings (SSSR count). The Bertz CT molecular complexity index is 513. The second kappa shape index (κ2) is 4.95. The zero-order valence-corrected chi connectivity index (χ0v) is 9.90. The van der Waals surface area contributed by atoms with Crippen LogP contribution >= 0.6 is 0 Å². The average molecular weight is 247 g/mol. The van der Waals surface area contributed by atoms with Gasteiger partial charge < -0.3 is 5.32 Å². The Kier molecular flexibility index (Phi) is 3.36. The van der Waals surface area contributed by atoms with E-state index in [0.717, 1.165) is 0 Å². The minimum absolute atomic E-state index is 0.239. The zero-order chi connectivity index (χ0) is 13.1. The Morgan fingerprint density at radius 3 is 2.94 bits per heavy atom. The molecule has 0 spiro atoms. The fourth-order valence-corrected chi connectivity index (χ4v) is 1.79. The Morgan fingerprint density at radius 1 is 1.50 bits per heavy atom. The number of pyridine rings is 1. The molecule has 1 aromatic rings. The van der Waals surface area contributed by atoms with Crippen LogP contribution in [0.2, 0.25) is 0 Å². The molecule has 0 bridgehead atoms. The van der Waals surface area contributed by atoms with E-state index in [9.17, 15) is 14.4 Å². The standard InChI is InChI=1S/C12H13N3O3/c1-7-8(3-2-6-13-7)11(17)14-9-4-5-10(16)15-12(9)18/h2-3,6,9H,4-5H2,1H3,(H,14,17)(H,15,16,18). The number of rotatable bonds is 2. The summed E-state index contributed by atoms with van der Waals surface area (Å²) in [6.07, 6.45) is 2.16. The van der Waals surface area contributed by atoms with E-state index in [1.807, 2.05) is 0 Å². The molecule has 1 fully saturated rings. The van der Waals surface area contributed by atoms with Gasteiger partial charge in [-0.3, -0.25) is 24.7 Å². The van der Waals surface area contributed by atoms with Crippen molar-refractivity contribution in [2.75, 3.05) is 0 Å². The van der Waals surface area contributed by atoms with Crippen molar-refractivity contribution in [3.05, 3.63) is 29.6 Å². The first kappa shape index (κ1) is 12.2. The smallest absolute Gasteiger partial charge is 0.253 e. The van der Waals surface area contributed by atoms with Gasteiger partial charge in [0.25, 0.3) is 5.91 Å². The summed E-state index contributed by atoms with van der Waals surface area (Å²) in [5.74, 6) is -1.11. The molecule has 1 atom stereocenters. The third-order valence-electron chi connectivity index (χ3n) is 2.80. The molecule has 1 unspecified atom stereocenters. The SMILES string of the molecule is Cc1ncccc1C(=O)NC1CCC(=O)NC1=O. The van der Waals surface area contributed by atoms with Crippen LogP contribution in [0.1, 0.15) is 28.9 Å². The maximum Gasteiger partial charge on any atom is 0.253 e. The van der Waals surface area contributed by atoms with Crippen molar-refractivity contribution in [3.8, 4) is 0 Å². The molecular formula is C12H13N3O3. The number of aryl methyl sites for hydroxylation is 1. The van der Waals surface area contributed by atoms with Gasteiger partial charge in [-0.1, -0.05) is 0 Å². The second-order valence-electron chi connectivity index (χ2n) is 4.11. The van der Waals surface area contributed by atoms with E-state index in [1.165, 1.54) is 0 Å². The van der Waals surface area contributed by atoms with Gasteiger partial charge in [0.1, 0.15) is 6.04 Å². The highest BCUT2D eigenvalue weighted by atomic mass is 16.2. The second-order valence-corrected chi connectivity index (χ2v) is 4.11. The number of nitrogens with zero attached hydrogens (tertiary/aromatic N) is 1. The molecule has 18 heavy (non-hydrogen) atoms. The van der Waals surface area contributed by atoms with Crippen LogP contribution in [-0.2, 0) is 9.59 Å². The molecule has 1 aromatic heterocycles. The first-order valence-corrected chi connectivity index (χ1v) is 5.64. The van der Waals surface area contributed by atoms with Crippen LogP contribution in [0.5, 0.6) is 0 Å². The van der Waals surface area contributed by atoms with Crippen LogP contribution in [0.25, 0.3) is 0 Å². The summed E-state index contributed by atoms with van der Waals surface area (Å²) in [6.45, 7) is 1.72. The van der Waals surface area contributed by atoms with Crippen molar-refractivity contribution >= 4 is 17.7 Å². The fraction of sp³-hybridized carbons (Fsp3) is 0.333. The predicted octanol–water partition coefficient (Wildman–Crippen LogP) is -0.0750. The Hall–Kier alpha value is -2.24. The Labute approximate surface area is 104 Å². The van der Waals surface area contributed by atoms with Gasteiger partial charge in [0.05, 0.1) is 5.56 Å². The molecule has 94 valence electrons. The molecule has 2 heterocycles. The third kappa shape index (κ3) is 2.53.